The zero-order valence-electron chi connectivity index (χ0n) is 12.2. The summed E-state index contributed by atoms with van der Waals surface area (Å²) in [6.07, 6.45) is 0. The first-order valence-corrected chi connectivity index (χ1v) is 5.99. The summed E-state index contributed by atoms with van der Waals surface area (Å²) in [4.78, 5) is 23.1. The van der Waals surface area contributed by atoms with Crippen molar-refractivity contribution in [1.29, 1.82) is 0 Å². The predicted octanol–water partition coefficient (Wildman–Crippen LogP) is 1.05. The van der Waals surface area contributed by atoms with Crippen molar-refractivity contribution in [3.8, 4) is 11.5 Å². The SMILES string of the molecule is COc1cc(NC(=O)C(C)(C)C)c(C(=O)[O-])cc1OC. The van der Waals surface area contributed by atoms with E-state index in [4.69, 9.17) is 9.47 Å². The number of hydrogen-bond donors (Lipinski definition) is 1. The average Bonchev–Trinajstić information content (AvgIpc) is 2.36. The van der Waals surface area contributed by atoms with Crippen molar-refractivity contribution >= 4 is 17.6 Å². The largest absolute Gasteiger partial charge is 0.545 e. The highest BCUT2D eigenvalue weighted by molar-refractivity contribution is 6.02. The van der Waals surface area contributed by atoms with E-state index in [1.54, 1.807) is 20.8 Å². The van der Waals surface area contributed by atoms with Gasteiger partial charge in [-0.25, -0.2) is 0 Å². The molecule has 0 saturated carbocycles. The highest BCUT2D eigenvalue weighted by atomic mass is 16.5. The Morgan fingerprint density at radius 3 is 2.00 bits per heavy atom. The van der Waals surface area contributed by atoms with E-state index in [1.807, 2.05) is 0 Å². The Hall–Kier alpha value is -2.24. The van der Waals surface area contributed by atoms with Gasteiger partial charge in [-0.1, -0.05) is 20.8 Å². The molecule has 0 bridgehead atoms. The molecule has 6 heteroatoms. The molecule has 0 spiro atoms. The number of carboxylic acids is 1. The summed E-state index contributed by atoms with van der Waals surface area (Å²) in [5, 5.41) is 13.7. The number of carbonyl (C=O) groups excluding carboxylic acids is 2. The van der Waals surface area contributed by atoms with Gasteiger partial charge in [0.25, 0.3) is 0 Å². The number of carboxylic acid groups (broad SMARTS) is 1. The molecule has 1 aromatic carbocycles. The summed E-state index contributed by atoms with van der Waals surface area (Å²) >= 11 is 0. The minimum atomic E-state index is -1.41. The van der Waals surface area contributed by atoms with Crippen LogP contribution in [-0.2, 0) is 4.79 Å². The van der Waals surface area contributed by atoms with Crippen LogP contribution in [0.5, 0.6) is 11.5 Å². The van der Waals surface area contributed by atoms with Crippen molar-refractivity contribution in [2.75, 3.05) is 19.5 Å². The zero-order chi connectivity index (χ0) is 15.5. The third kappa shape index (κ3) is 3.40. The second-order valence-electron chi connectivity index (χ2n) is 5.24. The highest BCUT2D eigenvalue weighted by Crippen LogP contribution is 2.33. The van der Waals surface area contributed by atoms with Gasteiger partial charge in [0, 0.05) is 17.0 Å². The lowest BCUT2D eigenvalue weighted by Crippen LogP contribution is -2.30. The lowest BCUT2D eigenvalue weighted by molar-refractivity contribution is -0.254. The second-order valence-corrected chi connectivity index (χ2v) is 5.24. The molecule has 0 atom stereocenters. The van der Waals surface area contributed by atoms with Crippen LogP contribution in [0.2, 0.25) is 0 Å². The van der Waals surface area contributed by atoms with Crippen molar-refractivity contribution in [2.45, 2.75) is 20.8 Å². The topological polar surface area (TPSA) is 87.7 Å². The van der Waals surface area contributed by atoms with E-state index in [9.17, 15) is 14.7 Å². The highest BCUT2D eigenvalue weighted by Gasteiger charge is 2.23. The van der Waals surface area contributed by atoms with Gasteiger partial charge in [-0.05, 0) is 6.07 Å². The summed E-state index contributed by atoms with van der Waals surface area (Å²) in [6.45, 7) is 5.17. The summed E-state index contributed by atoms with van der Waals surface area (Å²) in [5.41, 5.74) is -0.709. The maximum Gasteiger partial charge on any atom is 0.229 e. The van der Waals surface area contributed by atoms with Crippen molar-refractivity contribution < 1.29 is 24.2 Å². The summed E-state index contributed by atoms with van der Waals surface area (Å²) in [5.74, 6) is -1.15. The number of methoxy groups -OCH3 is 2. The molecule has 1 aromatic rings. The number of rotatable bonds is 4. The number of anilines is 1. The first-order valence-electron chi connectivity index (χ1n) is 5.99. The van der Waals surface area contributed by atoms with Crippen molar-refractivity contribution in [2.24, 2.45) is 5.41 Å². The van der Waals surface area contributed by atoms with E-state index in [-0.39, 0.29) is 22.9 Å². The molecule has 0 aliphatic rings. The van der Waals surface area contributed by atoms with Crippen LogP contribution in [-0.4, -0.2) is 26.1 Å². The Morgan fingerprint density at radius 1 is 1.10 bits per heavy atom. The van der Waals surface area contributed by atoms with Crippen LogP contribution < -0.4 is 19.9 Å². The third-order valence-corrected chi connectivity index (χ3v) is 2.67. The Bertz CT molecular complexity index is 531. The van der Waals surface area contributed by atoms with E-state index in [0.717, 1.165) is 0 Å². The third-order valence-electron chi connectivity index (χ3n) is 2.67. The van der Waals surface area contributed by atoms with Crippen molar-refractivity contribution in [3.63, 3.8) is 0 Å². The van der Waals surface area contributed by atoms with Gasteiger partial charge in [-0.3, -0.25) is 4.79 Å². The minimum absolute atomic E-state index is 0.113. The van der Waals surface area contributed by atoms with E-state index in [1.165, 1.54) is 26.4 Å². The Kier molecular flexibility index (Phi) is 4.60. The van der Waals surface area contributed by atoms with Gasteiger partial charge in [-0.15, -0.1) is 0 Å². The Morgan fingerprint density at radius 2 is 1.60 bits per heavy atom. The number of ether oxygens (including phenoxy) is 2. The minimum Gasteiger partial charge on any atom is -0.545 e. The van der Waals surface area contributed by atoms with Gasteiger partial charge in [0.2, 0.25) is 5.91 Å². The van der Waals surface area contributed by atoms with Crippen LogP contribution in [0.25, 0.3) is 0 Å². The Labute approximate surface area is 117 Å². The number of benzene rings is 1. The number of amides is 1. The van der Waals surface area contributed by atoms with E-state index in [0.29, 0.717) is 5.75 Å². The molecule has 20 heavy (non-hydrogen) atoms. The molecule has 0 fully saturated rings. The fraction of sp³-hybridized carbons (Fsp3) is 0.429. The quantitative estimate of drug-likeness (QED) is 0.890. The van der Waals surface area contributed by atoms with Crippen molar-refractivity contribution in [1.82, 2.24) is 0 Å². The lowest BCUT2D eigenvalue weighted by Gasteiger charge is -2.21. The number of carbonyl (C=O) groups is 2. The molecule has 0 heterocycles. The Balaban J connectivity index is 3.30. The van der Waals surface area contributed by atoms with Gasteiger partial charge in [0.05, 0.1) is 25.9 Å². The van der Waals surface area contributed by atoms with Gasteiger partial charge in [-0.2, -0.15) is 0 Å². The first kappa shape index (κ1) is 15.8. The lowest BCUT2D eigenvalue weighted by atomic mass is 9.95. The van der Waals surface area contributed by atoms with Gasteiger partial charge >= 0.3 is 0 Å². The molecule has 0 unspecified atom stereocenters. The molecule has 1 N–H and O–H groups in total. The first-order chi connectivity index (χ1) is 9.20. The van der Waals surface area contributed by atoms with E-state index >= 15 is 0 Å². The molecule has 0 radical (unpaired) electrons. The summed E-state index contributed by atoms with van der Waals surface area (Å²) in [7, 11) is 2.82. The van der Waals surface area contributed by atoms with Crippen LogP contribution in [0.3, 0.4) is 0 Å². The fourth-order valence-electron chi connectivity index (χ4n) is 1.46. The predicted molar refractivity (Wildman–Crippen MR) is 72.0 cm³/mol. The molecular weight excluding hydrogens is 262 g/mol. The van der Waals surface area contributed by atoms with Crippen LogP contribution in [0.15, 0.2) is 12.1 Å². The molecule has 1 amide bonds. The monoisotopic (exact) mass is 280 g/mol. The fourth-order valence-corrected chi connectivity index (χ4v) is 1.46. The van der Waals surface area contributed by atoms with Crippen LogP contribution in [0, 0.1) is 5.41 Å². The van der Waals surface area contributed by atoms with Crippen molar-refractivity contribution in [3.05, 3.63) is 17.7 Å². The molecule has 0 aliphatic carbocycles. The number of hydrogen-bond acceptors (Lipinski definition) is 5. The molecule has 0 saturated heterocycles. The molecule has 0 aromatic heterocycles. The zero-order valence-corrected chi connectivity index (χ0v) is 12.2. The second kappa shape index (κ2) is 5.81. The smallest absolute Gasteiger partial charge is 0.229 e. The van der Waals surface area contributed by atoms with Gasteiger partial charge < -0.3 is 24.7 Å². The van der Waals surface area contributed by atoms with Crippen LogP contribution in [0.1, 0.15) is 31.1 Å². The molecule has 1 rings (SSSR count). The maximum absolute atomic E-state index is 12.0. The molecular formula is C14H18NO5-. The van der Waals surface area contributed by atoms with Gasteiger partial charge in [0.1, 0.15) is 0 Å². The number of nitrogens with one attached hydrogen (secondary N) is 1. The molecule has 110 valence electrons. The summed E-state index contributed by atoms with van der Waals surface area (Å²) in [6, 6.07) is 2.65. The average molecular weight is 280 g/mol. The van der Waals surface area contributed by atoms with Crippen LogP contribution in [0.4, 0.5) is 5.69 Å². The molecule has 6 nitrogen and oxygen atoms in total. The van der Waals surface area contributed by atoms with Crippen LogP contribution >= 0.6 is 0 Å². The van der Waals surface area contributed by atoms with E-state index < -0.39 is 11.4 Å². The standard InChI is InChI=1S/C14H19NO5/c1-14(2,3)13(18)15-9-7-11(20-5)10(19-4)6-8(9)12(16)17/h6-7H,1-5H3,(H,15,18)(H,16,17)/p-1. The molecule has 0 aliphatic heterocycles. The maximum atomic E-state index is 12.0. The summed E-state index contributed by atoms with van der Waals surface area (Å²) < 4.78 is 10.1. The normalized spacial score (nSPS) is 10.8. The number of aromatic carboxylic acids is 1. The van der Waals surface area contributed by atoms with E-state index in [2.05, 4.69) is 5.32 Å². The van der Waals surface area contributed by atoms with Gasteiger partial charge in [0.15, 0.2) is 11.5 Å².